The van der Waals surface area contributed by atoms with Gasteiger partial charge in [-0.25, -0.2) is 4.98 Å². The molecule has 2 N–H and O–H groups in total. The highest BCUT2D eigenvalue weighted by atomic mass is 16.1. The van der Waals surface area contributed by atoms with Crippen LogP contribution in [0, 0.1) is 18.3 Å². The Morgan fingerprint density at radius 1 is 1.03 bits per heavy atom. The molecular weight excluding hydrogens is 410 g/mol. The average Bonchev–Trinajstić information content (AvgIpc) is 3.24. The number of hydrogen-bond donors (Lipinski definition) is 2. The van der Waals surface area contributed by atoms with Crippen molar-refractivity contribution in [2.45, 2.75) is 25.8 Å². The van der Waals surface area contributed by atoms with E-state index in [1.807, 2.05) is 34.9 Å². The van der Waals surface area contributed by atoms with E-state index in [0.717, 1.165) is 54.1 Å². The molecule has 0 unspecified atom stereocenters. The fourth-order valence-electron chi connectivity index (χ4n) is 4.31. The van der Waals surface area contributed by atoms with Crippen molar-refractivity contribution in [2.75, 3.05) is 13.1 Å². The third-order valence-electron chi connectivity index (χ3n) is 6.17. The lowest BCUT2D eigenvalue weighted by atomic mass is 10.0. The minimum Gasteiger partial charge on any atom is -0.349 e. The number of fused-ring (bicyclic) bond motifs is 1. The molecular formula is C27H25N5O. The molecule has 0 radical (unpaired) electrons. The Morgan fingerprint density at radius 3 is 2.42 bits per heavy atom. The summed E-state index contributed by atoms with van der Waals surface area (Å²) in [5, 5.41) is 15.7. The molecule has 1 saturated heterocycles. The summed E-state index contributed by atoms with van der Waals surface area (Å²) in [5.74, 6) is -0.0693. The number of benzene rings is 2. The van der Waals surface area contributed by atoms with Crippen molar-refractivity contribution in [1.82, 2.24) is 20.0 Å². The third-order valence-corrected chi connectivity index (χ3v) is 6.17. The lowest BCUT2D eigenvalue weighted by molar-refractivity contribution is 0.0929. The third kappa shape index (κ3) is 4.23. The maximum Gasteiger partial charge on any atom is 0.252 e. The normalized spacial score (nSPS) is 14.2. The topological polar surface area (TPSA) is 82.2 Å². The molecule has 1 fully saturated rings. The minimum atomic E-state index is -0.0693. The maximum atomic E-state index is 13.0. The Labute approximate surface area is 192 Å². The number of pyridine rings is 1. The average molecular weight is 436 g/mol. The minimum absolute atomic E-state index is 0.0693. The smallest absolute Gasteiger partial charge is 0.252 e. The molecule has 33 heavy (non-hydrogen) atoms. The number of aryl methyl sites for hydroxylation is 1. The zero-order valence-electron chi connectivity index (χ0n) is 18.5. The Hall–Kier alpha value is -3.95. The number of aromatic nitrogens is 2. The SMILES string of the molecule is Cc1ccc(-c2nc3ccc(C(=O)NC4CCNCC4)cn3c2-c2ccc(C#N)cc2)cc1. The monoisotopic (exact) mass is 435 g/mol. The van der Waals surface area contributed by atoms with Gasteiger partial charge in [0.1, 0.15) is 5.65 Å². The van der Waals surface area contributed by atoms with E-state index in [9.17, 15) is 10.1 Å². The van der Waals surface area contributed by atoms with Crippen LogP contribution in [0.25, 0.3) is 28.2 Å². The van der Waals surface area contributed by atoms with Gasteiger partial charge in [0.2, 0.25) is 0 Å². The Morgan fingerprint density at radius 2 is 1.73 bits per heavy atom. The number of nitrogens with zero attached hydrogens (tertiary/aromatic N) is 3. The first-order valence-corrected chi connectivity index (χ1v) is 11.2. The molecule has 2 aromatic carbocycles. The van der Waals surface area contributed by atoms with E-state index in [-0.39, 0.29) is 11.9 Å². The van der Waals surface area contributed by atoms with E-state index >= 15 is 0 Å². The lowest BCUT2D eigenvalue weighted by Crippen LogP contribution is -2.42. The van der Waals surface area contributed by atoms with Crippen molar-refractivity contribution in [3.63, 3.8) is 0 Å². The quantitative estimate of drug-likeness (QED) is 0.500. The molecule has 0 aliphatic carbocycles. The Balaban J connectivity index is 1.61. The zero-order valence-corrected chi connectivity index (χ0v) is 18.5. The molecule has 2 aromatic heterocycles. The van der Waals surface area contributed by atoms with Gasteiger partial charge in [-0.05, 0) is 57.1 Å². The van der Waals surface area contributed by atoms with Crippen molar-refractivity contribution in [2.24, 2.45) is 0 Å². The van der Waals surface area contributed by atoms with E-state index in [1.165, 1.54) is 5.56 Å². The number of piperidine rings is 1. The van der Waals surface area contributed by atoms with Gasteiger partial charge in [-0.2, -0.15) is 5.26 Å². The van der Waals surface area contributed by atoms with Crippen LogP contribution in [0.3, 0.4) is 0 Å². The molecule has 0 atom stereocenters. The molecule has 6 heteroatoms. The van der Waals surface area contributed by atoms with E-state index < -0.39 is 0 Å². The molecule has 4 aromatic rings. The van der Waals surface area contributed by atoms with Gasteiger partial charge in [-0.3, -0.25) is 9.20 Å². The summed E-state index contributed by atoms with van der Waals surface area (Å²) in [6.45, 7) is 3.91. The largest absolute Gasteiger partial charge is 0.349 e. The van der Waals surface area contributed by atoms with Gasteiger partial charge in [-0.15, -0.1) is 0 Å². The number of carbonyl (C=O) groups excluding carboxylic acids is 1. The highest BCUT2D eigenvalue weighted by molar-refractivity contribution is 5.95. The maximum absolute atomic E-state index is 13.0. The molecule has 0 spiro atoms. The van der Waals surface area contributed by atoms with Gasteiger partial charge in [0, 0.05) is 23.4 Å². The Bertz CT molecular complexity index is 1340. The van der Waals surface area contributed by atoms with Crippen LogP contribution in [0.5, 0.6) is 0 Å². The van der Waals surface area contributed by atoms with Crippen molar-refractivity contribution >= 4 is 11.6 Å². The van der Waals surface area contributed by atoms with Gasteiger partial charge in [0.15, 0.2) is 0 Å². The van der Waals surface area contributed by atoms with E-state index in [1.54, 1.807) is 12.1 Å². The van der Waals surface area contributed by atoms with Crippen molar-refractivity contribution in [3.05, 3.63) is 83.6 Å². The first-order valence-electron chi connectivity index (χ1n) is 11.2. The van der Waals surface area contributed by atoms with Crippen LogP contribution in [0.4, 0.5) is 0 Å². The highest BCUT2D eigenvalue weighted by Gasteiger charge is 2.20. The standard InChI is InChI=1S/C27H25N5O/c1-18-2-6-20(7-3-18)25-26(21-8-4-19(16-28)5-9-21)32-17-22(10-11-24(32)31-25)27(33)30-23-12-14-29-15-13-23/h2-11,17,23,29H,12-15H2,1H3,(H,30,33). The molecule has 0 bridgehead atoms. The van der Waals surface area contributed by atoms with Crippen LogP contribution in [-0.2, 0) is 0 Å². The van der Waals surface area contributed by atoms with Crippen LogP contribution in [0.1, 0.15) is 34.3 Å². The second kappa shape index (κ2) is 8.89. The van der Waals surface area contributed by atoms with Crippen molar-refractivity contribution in [3.8, 4) is 28.6 Å². The summed E-state index contributed by atoms with van der Waals surface area (Å²) < 4.78 is 1.98. The van der Waals surface area contributed by atoms with Crippen LogP contribution in [-0.4, -0.2) is 34.4 Å². The molecule has 6 nitrogen and oxygen atoms in total. The van der Waals surface area contributed by atoms with Gasteiger partial charge >= 0.3 is 0 Å². The van der Waals surface area contributed by atoms with E-state index in [2.05, 4.69) is 47.9 Å². The van der Waals surface area contributed by atoms with Crippen LogP contribution >= 0.6 is 0 Å². The van der Waals surface area contributed by atoms with Crippen LogP contribution < -0.4 is 10.6 Å². The van der Waals surface area contributed by atoms with Crippen LogP contribution in [0.15, 0.2) is 66.9 Å². The molecule has 0 saturated carbocycles. The number of nitriles is 1. The molecule has 164 valence electrons. The number of carbonyl (C=O) groups is 1. The summed E-state index contributed by atoms with van der Waals surface area (Å²) in [7, 11) is 0. The first kappa shape index (κ1) is 20.9. The number of amides is 1. The number of nitrogens with one attached hydrogen (secondary N) is 2. The molecule has 1 aliphatic rings. The molecule has 1 amide bonds. The Kier molecular flexibility index (Phi) is 5.64. The first-order chi connectivity index (χ1) is 16.1. The predicted octanol–water partition coefficient (Wildman–Crippen LogP) is 4.33. The van der Waals surface area contributed by atoms with Crippen LogP contribution in [0.2, 0.25) is 0 Å². The summed E-state index contributed by atoms with van der Waals surface area (Å²) in [4.78, 5) is 17.9. The lowest BCUT2D eigenvalue weighted by Gasteiger charge is -2.23. The summed E-state index contributed by atoms with van der Waals surface area (Å²) in [6, 6.07) is 21.8. The summed E-state index contributed by atoms with van der Waals surface area (Å²) >= 11 is 0. The second-order valence-electron chi connectivity index (χ2n) is 8.51. The van der Waals surface area contributed by atoms with Gasteiger partial charge < -0.3 is 10.6 Å². The van der Waals surface area contributed by atoms with Gasteiger partial charge in [-0.1, -0.05) is 42.0 Å². The molecule has 5 rings (SSSR count). The van der Waals surface area contributed by atoms with Crippen molar-refractivity contribution in [1.29, 1.82) is 5.26 Å². The zero-order chi connectivity index (χ0) is 22.8. The van der Waals surface area contributed by atoms with Crippen molar-refractivity contribution < 1.29 is 4.79 Å². The van der Waals surface area contributed by atoms with Gasteiger partial charge in [0.05, 0.1) is 28.6 Å². The highest BCUT2D eigenvalue weighted by Crippen LogP contribution is 2.33. The number of hydrogen-bond acceptors (Lipinski definition) is 4. The fourth-order valence-corrected chi connectivity index (χ4v) is 4.31. The summed E-state index contributed by atoms with van der Waals surface area (Å²) in [6.07, 6.45) is 3.74. The molecule has 3 heterocycles. The number of rotatable bonds is 4. The molecule has 1 aliphatic heterocycles. The fraction of sp³-hybridized carbons (Fsp3) is 0.222. The second-order valence-corrected chi connectivity index (χ2v) is 8.51. The number of imidazole rings is 1. The van der Waals surface area contributed by atoms with Gasteiger partial charge in [0.25, 0.3) is 5.91 Å². The summed E-state index contributed by atoms with van der Waals surface area (Å²) in [5.41, 5.74) is 6.83. The van der Waals surface area contributed by atoms with E-state index in [0.29, 0.717) is 11.1 Å². The predicted molar refractivity (Wildman–Crippen MR) is 129 cm³/mol. The van der Waals surface area contributed by atoms with E-state index in [4.69, 9.17) is 4.98 Å².